The average Bonchev–Trinajstić information content (AvgIpc) is 2.45. The third-order valence-corrected chi connectivity index (χ3v) is 2.43. The smallest absolute Gasteiger partial charge is 0.334 e. The molecular weight excluding hydrogens is 286 g/mol. The van der Waals surface area contributed by atoms with Gasteiger partial charge in [0.1, 0.15) is 6.61 Å². The minimum Gasteiger partial charge on any atom is -0.473 e. The van der Waals surface area contributed by atoms with E-state index in [9.17, 15) is 4.79 Å². The number of anilines is 1. The first-order chi connectivity index (χ1) is 10.5. The first-order valence-electron chi connectivity index (χ1n) is 6.24. The number of rotatable bonds is 6. The number of aromatic nitrogens is 1. The Labute approximate surface area is 128 Å². The summed E-state index contributed by atoms with van der Waals surface area (Å²) in [7, 11) is 1.48. The maximum absolute atomic E-state index is 11.7. The van der Waals surface area contributed by atoms with Crippen molar-refractivity contribution in [3.8, 4) is 0 Å². The Morgan fingerprint density at radius 3 is 2.95 bits per heavy atom. The van der Waals surface area contributed by atoms with Gasteiger partial charge in [0.15, 0.2) is 0 Å². The fourth-order valence-electron chi connectivity index (χ4n) is 1.55. The summed E-state index contributed by atoms with van der Waals surface area (Å²) in [6.45, 7) is 3.68. The van der Waals surface area contributed by atoms with Gasteiger partial charge >= 0.3 is 6.03 Å². The van der Waals surface area contributed by atoms with Crippen molar-refractivity contribution in [1.29, 1.82) is 5.41 Å². The van der Waals surface area contributed by atoms with Crippen LogP contribution in [0.5, 0.6) is 0 Å². The summed E-state index contributed by atoms with van der Waals surface area (Å²) in [6.07, 6.45) is 5.55. The highest BCUT2D eigenvalue weighted by atomic mass is 16.5. The molecule has 0 aliphatic carbocycles. The Kier molecular flexibility index (Phi) is 6.54. The molecule has 0 saturated heterocycles. The van der Waals surface area contributed by atoms with Crippen LogP contribution in [0.3, 0.4) is 0 Å². The second-order valence-electron chi connectivity index (χ2n) is 4.12. The molecule has 9 heteroatoms. The molecule has 0 radical (unpaired) electrons. The standard InChI is InChI=1S/C13H19N7O2/c1-3-10-9(8-22-12(15)4-6-14)11(5-7-17-10)18-13(21)19-20(2)16/h3-7,15H,1,8,14,16H2,2H3,(H2,17,18,19,21)/b6-4-,15-12?. The quantitative estimate of drug-likeness (QED) is 0.224. The van der Waals surface area contributed by atoms with Crippen molar-refractivity contribution in [2.24, 2.45) is 11.6 Å². The van der Waals surface area contributed by atoms with Gasteiger partial charge in [0, 0.05) is 24.9 Å². The second-order valence-corrected chi connectivity index (χ2v) is 4.12. The summed E-state index contributed by atoms with van der Waals surface area (Å²) in [5.74, 6) is 5.22. The number of ether oxygens (including phenoxy) is 1. The van der Waals surface area contributed by atoms with Crippen molar-refractivity contribution in [2.45, 2.75) is 6.61 Å². The summed E-state index contributed by atoms with van der Waals surface area (Å²) >= 11 is 0. The van der Waals surface area contributed by atoms with Crippen LogP contribution in [0, 0.1) is 5.41 Å². The molecule has 0 spiro atoms. The van der Waals surface area contributed by atoms with E-state index in [0.29, 0.717) is 16.9 Å². The Balaban J connectivity index is 2.94. The molecule has 22 heavy (non-hydrogen) atoms. The lowest BCUT2D eigenvalue weighted by atomic mass is 10.1. The SMILES string of the molecule is C=Cc1nccc(NC(=O)NN(C)N)c1COC(=N)/C=C\N. The van der Waals surface area contributed by atoms with Gasteiger partial charge in [0.2, 0.25) is 5.90 Å². The molecule has 0 unspecified atom stereocenters. The monoisotopic (exact) mass is 305 g/mol. The van der Waals surface area contributed by atoms with E-state index in [1.807, 2.05) is 0 Å². The van der Waals surface area contributed by atoms with Crippen LogP contribution in [-0.2, 0) is 11.3 Å². The van der Waals surface area contributed by atoms with Crippen molar-refractivity contribution in [3.05, 3.63) is 42.4 Å². The summed E-state index contributed by atoms with van der Waals surface area (Å²) in [5, 5.41) is 11.1. The first-order valence-corrected chi connectivity index (χ1v) is 6.24. The number of carbonyl (C=O) groups is 1. The highest BCUT2D eigenvalue weighted by Gasteiger charge is 2.12. The Morgan fingerprint density at radius 1 is 1.64 bits per heavy atom. The van der Waals surface area contributed by atoms with Crippen LogP contribution in [0.1, 0.15) is 11.3 Å². The number of hydrogen-bond donors (Lipinski definition) is 5. The Morgan fingerprint density at radius 2 is 2.36 bits per heavy atom. The van der Waals surface area contributed by atoms with Gasteiger partial charge in [-0.05, 0) is 18.3 Å². The van der Waals surface area contributed by atoms with E-state index in [0.717, 1.165) is 5.12 Å². The molecule has 7 N–H and O–H groups in total. The summed E-state index contributed by atoms with van der Waals surface area (Å²) in [4.78, 5) is 15.8. The third kappa shape index (κ3) is 5.23. The van der Waals surface area contributed by atoms with E-state index in [4.69, 9.17) is 21.7 Å². The molecule has 1 heterocycles. The fraction of sp³-hybridized carbons (Fsp3) is 0.154. The van der Waals surface area contributed by atoms with Gasteiger partial charge in [-0.1, -0.05) is 6.58 Å². The number of pyridine rings is 1. The number of nitrogens with zero attached hydrogens (tertiary/aromatic N) is 2. The zero-order chi connectivity index (χ0) is 16.5. The number of nitrogens with one attached hydrogen (secondary N) is 3. The minimum absolute atomic E-state index is 0.0203. The summed E-state index contributed by atoms with van der Waals surface area (Å²) in [6, 6.07) is 1.08. The lowest BCUT2D eigenvalue weighted by Crippen LogP contribution is -2.46. The third-order valence-electron chi connectivity index (χ3n) is 2.43. The number of nitrogens with two attached hydrogens (primary N) is 2. The number of hydrogen-bond acceptors (Lipinski definition) is 7. The summed E-state index contributed by atoms with van der Waals surface area (Å²) in [5.41, 5.74) is 9.10. The lowest BCUT2D eigenvalue weighted by Gasteiger charge is -2.16. The van der Waals surface area contributed by atoms with Crippen LogP contribution in [0.2, 0.25) is 0 Å². The first kappa shape index (κ1) is 17.1. The second kappa shape index (κ2) is 8.39. The van der Waals surface area contributed by atoms with Crippen molar-refractivity contribution >= 4 is 23.7 Å². The predicted molar refractivity (Wildman–Crippen MR) is 84.3 cm³/mol. The molecular formula is C13H19N7O2. The van der Waals surface area contributed by atoms with Gasteiger partial charge in [0.25, 0.3) is 0 Å². The van der Waals surface area contributed by atoms with Crippen molar-refractivity contribution in [2.75, 3.05) is 12.4 Å². The van der Waals surface area contributed by atoms with Gasteiger partial charge in [-0.2, -0.15) is 5.12 Å². The topological polar surface area (TPSA) is 142 Å². The molecule has 1 rings (SSSR count). The molecule has 0 aliphatic rings. The highest BCUT2D eigenvalue weighted by molar-refractivity contribution is 5.90. The maximum Gasteiger partial charge on any atom is 0.334 e. The van der Waals surface area contributed by atoms with Crippen LogP contribution in [-0.4, -0.2) is 29.1 Å². The van der Waals surface area contributed by atoms with Gasteiger partial charge in [0.05, 0.1) is 11.4 Å². The number of urea groups is 1. The zero-order valence-electron chi connectivity index (χ0n) is 12.2. The molecule has 118 valence electrons. The van der Waals surface area contributed by atoms with Crippen LogP contribution < -0.4 is 22.3 Å². The number of carbonyl (C=O) groups excluding carboxylic acids is 1. The van der Waals surface area contributed by atoms with Gasteiger partial charge in [-0.25, -0.2) is 4.79 Å². The van der Waals surface area contributed by atoms with E-state index in [-0.39, 0.29) is 12.5 Å². The molecule has 1 aromatic heterocycles. The van der Waals surface area contributed by atoms with E-state index in [1.54, 1.807) is 6.07 Å². The van der Waals surface area contributed by atoms with E-state index in [2.05, 4.69) is 22.3 Å². The number of hydrazine groups is 2. The minimum atomic E-state index is -0.524. The van der Waals surface area contributed by atoms with Gasteiger partial charge in [-0.15, -0.1) is 0 Å². The summed E-state index contributed by atoms with van der Waals surface area (Å²) < 4.78 is 5.24. The largest absolute Gasteiger partial charge is 0.473 e. The predicted octanol–water partition coefficient (Wildman–Crippen LogP) is 0.533. The van der Waals surface area contributed by atoms with E-state index < -0.39 is 6.03 Å². The van der Waals surface area contributed by atoms with Gasteiger partial charge < -0.3 is 15.8 Å². The molecule has 0 saturated carbocycles. The molecule has 9 nitrogen and oxygen atoms in total. The molecule has 0 atom stereocenters. The van der Waals surface area contributed by atoms with Crippen LogP contribution in [0.4, 0.5) is 10.5 Å². The van der Waals surface area contributed by atoms with E-state index in [1.165, 1.54) is 31.6 Å². The fourth-order valence-corrected chi connectivity index (χ4v) is 1.55. The molecule has 0 bridgehead atoms. The van der Waals surface area contributed by atoms with Gasteiger partial charge in [-0.3, -0.25) is 21.7 Å². The van der Waals surface area contributed by atoms with Crippen molar-refractivity contribution < 1.29 is 9.53 Å². The van der Waals surface area contributed by atoms with E-state index >= 15 is 0 Å². The molecule has 2 amide bonds. The average molecular weight is 305 g/mol. The molecule has 0 aliphatic heterocycles. The van der Waals surface area contributed by atoms with Crippen molar-refractivity contribution in [1.82, 2.24) is 15.5 Å². The van der Waals surface area contributed by atoms with Crippen molar-refractivity contribution in [3.63, 3.8) is 0 Å². The molecule has 0 fully saturated rings. The van der Waals surface area contributed by atoms with Crippen LogP contribution >= 0.6 is 0 Å². The highest BCUT2D eigenvalue weighted by Crippen LogP contribution is 2.20. The van der Waals surface area contributed by atoms with Crippen LogP contribution in [0.15, 0.2) is 31.1 Å². The Hall–Kier alpha value is -2.91. The normalized spacial score (nSPS) is 10.5. The zero-order valence-corrected chi connectivity index (χ0v) is 12.2. The number of amides is 2. The van der Waals surface area contributed by atoms with Crippen LogP contribution in [0.25, 0.3) is 6.08 Å². The molecule has 1 aromatic rings. The maximum atomic E-state index is 11.7. The lowest BCUT2D eigenvalue weighted by molar-refractivity contribution is 0.211. The Bertz CT molecular complexity index is 584. The molecule has 0 aromatic carbocycles.